The summed E-state index contributed by atoms with van der Waals surface area (Å²) in [5.41, 5.74) is 4.61. The van der Waals surface area contributed by atoms with Crippen LogP contribution in [0.2, 0.25) is 0 Å². The fourth-order valence-corrected chi connectivity index (χ4v) is 0. The van der Waals surface area contributed by atoms with E-state index in [1.807, 2.05) is 0 Å². The molecule has 0 aromatic heterocycles. The van der Waals surface area contributed by atoms with Gasteiger partial charge in [0, 0.05) is 0 Å². The molecule has 0 saturated carbocycles. The van der Waals surface area contributed by atoms with Gasteiger partial charge in [-0.15, -0.1) is 11.6 Å². The maximum atomic E-state index is 4.78. The van der Waals surface area contributed by atoms with Gasteiger partial charge < -0.3 is 5.73 Å². The number of hydrogen-bond acceptors (Lipinski definition) is 1. The monoisotopic (exact) mass is 95.0 g/mol. The Kier molecular flexibility index (Phi) is 20.4. The molecule has 0 aromatic carbocycles. The van der Waals surface area contributed by atoms with E-state index in [0.29, 0.717) is 0 Å². The van der Waals surface area contributed by atoms with E-state index < -0.39 is 0 Å². The van der Waals surface area contributed by atoms with E-state index >= 15 is 0 Å². The third-order valence-electron chi connectivity index (χ3n) is 0. The third-order valence-corrected chi connectivity index (χ3v) is 0. The molecule has 0 bridgehead atoms. The second-order valence-corrected chi connectivity index (χ2v) is 0.463. The molecule has 0 aliphatic heterocycles. The predicted octanol–water partition coefficient (Wildman–Crippen LogP) is -1.04. The highest BCUT2D eigenvalue weighted by Crippen LogP contribution is 1.47. The molecule has 3 heteroatoms. The quantitative estimate of drug-likeness (QED) is 0.232. The minimum Gasteiger partial charge on any atom is -0.318 e. The highest BCUT2D eigenvalue weighted by molar-refractivity contribution is 6.17. The Bertz CT molecular complexity index is 8.00. The molecule has 0 aromatic rings. The van der Waals surface area contributed by atoms with Gasteiger partial charge in [0.1, 0.15) is 0 Å². The van der Waals surface area contributed by atoms with Crippen LogP contribution >= 0.6 is 11.6 Å². The number of nitrogens with two attached hydrogens (primary N) is 1. The van der Waals surface area contributed by atoms with Gasteiger partial charge in [-0.25, -0.2) is 0 Å². The molecule has 4 heavy (non-hydrogen) atoms. The first-order valence-electron chi connectivity index (χ1n) is 0.676. The van der Waals surface area contributed by atoms with Gasteiger partial charge in [-0.2, -0.15) is 0 Å². The standard InChI is InChI=1S/CH4ClN.Al.3H/c2-1-3;;;;/h1,3H2;;;;. The molecule has 0 unspecified atom stereocenters. The summed E-state index contributed by atoms with van der Waals surface area (Å²) in [6.07, 6.45) is 0. The molecular weight excluding hydrogens is 88.5 g/mol. The van der Waals surface area contributed by atoms with Crippen molar-refractivity contribution in [1.82, 2.24) is 0 Å². The second-order valence-electron chi connectivity index (χ2n) is 0.154. The minimum absolute atomic E-state index is 0. The first-order chi connectivity index (χ1) is 1.41. The summed E-state index contributed by atoms with van der Waals surface area (Å²) in [5, 5.41) is 0. The van der Waals surface area contributed by atoms with E-state index in [9.17, 15) is 0 Å². The van der Waals surface area contributed by atoms with Crippen molar-refractivity contribution in [2.75, 3.05) is 6.00 Å². The van der Waals surface area contributed by atoms with Gasteiger partial charge in [0.15, 0.2) is 17.4 Å². The zero-order chi connectivity index (χ0) is 2.71. The molecule has 0 rings (SSSR count). The number of rotatable bonds is 0. The highest BCUT2D eigenvalue weighted by Gasteiger charge is 1.35. The van der Waals surface area contributed by atoms with E-state index in [1.54, 1.807) is 0 Å². The average Bonchev–Trinajstić information content (AvgIpc) is 0.918. The fraction of sp³-hybridized carbons (Fsp3) is 1.00. The Hall–Kier alpha value is 0.782. The highest BCUT2D eigenvalue weighted by atomic mass is 35.5. The van der Waals surface area contributed by atoms with Crippen molar-refractivity contribution in [2.24, 2.45) is 5.73 Å². The van der Waals surface area contributed by atoms with Crippen molar-refractivity contribution in [2.45, 2.75) is 0 Å². The van der Waals surface area contributed by atoms with Crippen LogP contribution < -0.4 is 5.73 Å². The molecule has 0 fully saturated rings. The fourth-order valence-electron chi connectivity index (χ4n) is 0. The first kappa shape index (κ1) is 8.84. The maximum absolute atomic E-state index is 4.78. The van der Waals surface area contributed by atoms with Gasteiger partial charge >= 0.3 is 0 Å². The van der Waals surface area contributed by atoms with Crippen LogP contribution in [0, 0.1) is 0 Å². The first-order valence-corrected chi connectivity index (χ1v) is 1.21. The van der Waals surface area contributed by atoms with Crippen LogP contribution in [0.4, 0.5) is 0 Å². The van der Waals surface area contributed by atoms with Gasteiger partial charge in [-0.05, 0) is 0 Å². The smallest absolute Gasteiger partial charge is 0.187 e. The molecule has 0 aliphatic carbocycles. The van der Waals surface area contributed by atoms with Crippen LogP contribution in [0.3, 0.4) is 0 Å². The minimum atomic E-state index is 0. The molecule has 2 N–H and O–H groups in total. The SMILES string of the molecule is NCCl.[AlH3]. The van der Waals surface area contributed by atoms with Crippen molar-refractivity contribution >= 4 is 29.0 Å². The molecule has 1 nitrogen and oxygen atoms in total. The summed E-state index contributed by atoms with van der Waals surface area (Å²) in [6.45, 7) is 0. The van der Waals surface area contributed by atoms with Gasteiger partial charge in [0.05, 0.1) is 6.00 Å². The van der Waals surface area contributed by atoms with Crippen LogP contribution in [0.25, 0.3) is 0 Å². The van der Waals surface area contributed by atoms with Gasteiger partial charge in [0.2, 0.25) is 0 Å². The molecule has 0 aliphatic rings. The predicted molar refractivity (Wildman–Crippen MR) is 24.8 cm³/mol. The van der Waals surface area contributed by atoms with Crippen molar-refractivity contribution in [3.05, 3.63) is 0 Å². The van der Waals surface area contributed by atoms with E-state index in [-0.39, 0.29) is 23.4 Å². The van der Waals surface area contributed by atoms with Crippen LogP contribution in [-0.2, 0) is 0 Å². The third kappa shape index (κ3) is 14.4. The molecule has 0 amide bonds. The Labute approximate surface area is 41.3 Å². The largest absolute Gasteiger partial charge is 0.318 e. The van der Waals surface area contributed by atoms with Gasteiger partial charge in [0.25, 0.3) is 0 Å². The van der Waals surface area contributed by atoms with Crippen LogP contribution in [0.15, 0.2) is 0 Å². The molecule has 0 spiro atoms. The Balaban J connectivity index is 0. The average molecular weight is 95.5 g/mol. The van der Waals surface area contributed by atoms with Crippen LogP contribution in [0.5, 0.6) is 0 Å². The van der Waals surface area contributed by atoms with E-state index in [0.717, 1.165) is 0 Å². The van der Waals surface area contributed by atoms with Gasteiger partial charge in [-0.3, -0.25) is 0 Å². The van der Waals surface area contributed by atoms with E-state index in [2.05, 4.69) is 5.73 Å². The number of alkyl halides is 1. The number of hydrogen-bond donors (Lipinski definition) is 1. The summed E-state index contributed by atoms with van der Waals surface area (Å²) in [4.78, 5) is 0. The molecular formula is CH7AlClN. The molecule has 0 saturated heterocycles. The number of halogens is 1. The molecule has 0 heterocycles. The lowest BCUT2D eigenvalue weighted by molar-refractivity contribution is 1.39. The van der Waals surface area contributed by atoms with Crippen molar-refractivity contribution in [3.8, 4) is 0 Å². The lowest BCUT2D eigenvalue weighted by Crippen LogP contribution is -1.83. The molecule has 26 valence electrons. The van der Waals surface area contributed by atoms with Crippen molar-refractivity contribution in [3.63, 3.8) is 0 Å². The lowest BCUT2D eigenvalue weighted by atomic mass is 11.6. The van der Waals surface area contributed by atoms with E-state index in [4.69, 9.17) is 11.6 Å². The topological polar surface area (TPSA) is 26.0 Å². The summed E-state index contributed by atoms with van der Waals surface area (Å²) in [7, 11) is 0. The Morgan fingerprint density at radius 3 is 1.75 bits per heavy atom. The van der Waals surface area contributed by atoms with Crippen LogP contribution in [-0.4, -0.2) is 23.4 Å². The Morgan fingerprint density at radius 1 is 1.75 bits per heavy atom. The van der Waals surface area contributed by atoms with Gasteiger partial charge in [-0.1, -0.05) is 0 Å². The molecule has 0 radical (unpaired) electrons. The van der Waals surface area contributed by atoms with Crippen molar-refractivity contribution < 1.29 is 0 Å². The summed E-state index contributed by atoms with van der Waals surface area (Å²) < 4.78 is 0. The second kappa shape index (κ2) is 9.22. The van der Waals surface area contributed by atoms with E-state index in [1.165, 1.54) is 0 Å². The zero-order valence-corrected chi connectivity index (χ0v) is 2.42. The van der Waals surface area contributed by atoms with Crippen molar-refractivity contribution in [1.29, 1.82) is 0 Å². The van der Waals surface area contributed by atoms with Crippen LogP contribution in [0.1, 0.15) is 0 Å². The molecule has 0 atom stereocenters. The summed E-state index contributed by atoms with van der Waals surface area (Å²) >= 11 is 4.78. The summed E-state index contributed by atoms with van der Waals surface area (Å²) in [6, 6.07) is 0.222. The maximum Gasteiger partial charge on any atom is 0.187 e. The Morgan fingerprint density at radius 2 is 1.75 bits per heavy atom. The lowest BCUT2D eigenvalue weighted by Gasteiger charge is -1.50. The normalized spacial score (nSPS) is 4.50. The summed E-state index contributed by atoms with van der Waals surface area (Å²) in [5.74, 6) is 0. The zero-order valence-electron chi connectivity index (χ0n) is 1.66.